The van der Waals surface area contributed by atoms with E-state index >= 15 is 0 Å². The first-order chi connectivity index (χ1) is 12.1. The molecule has 136 valence electrons. The van der Waals surface area contributed by atoms with Gasteiger partial charge in [-0.1, -0.05) is 37.2 Å². The largest absolute Gasteiger partial charge is 0.490 e. The zero-order valence-corrected chi connectivity index (χ0v) is 14.9. The third-order valence-electron chi connectivity index (χ3n) is 3.41. The molecule has 25 heavy (non-hydrogen) atoms. The van der Waals surface area contributed by atoms with E-state index < -0.39 is 6.10 Å². The summed E-state index contributed by atoms with van der Waals surface area (Å²) < 4.78 is 16.0. The second-order valence-electron chi connectivity index (χ2n) is 6.05. The Balaban J connectivity index is 1.96. The summed E-state index contributed by atoms with van der Waals surface area (Å²) in [4.78, 5) is 0. The van der Waals surface area contributed by atoms with Crippen LogP contribution >= 0.6 is 0 Å². The van der Waals surface area contributed by atoms with Crippen LogP contribution in [0.2, 0.25) is 0 Å². The molecule has 0 aliphatic rings. The Labute approximate surface area is 148 Å². The summed E-state index contributed by atoms with van der Waals surface area (Å²) in [6.45, 7) is 5.21. The summed E-state index contributed by atoms with van der Waals surface area (Å²) in [5.41, 5.74) is 1.64. The van der Waals surface area contributed by atoms with Gasteiger partial charge < -0.3 is 24.4 Å². The van der Waals surface area contributed by atoms with Crippen molar-refractivity contribution in [3.63, 3.8) is 0 Å². The predicted octanol–water partition coefficient (Wildman–Crippen LogP) is 2.73. The lowest BCUT2D eigenvalue weighted by atomic mass is 10.1. The van der Waals surface area contributed by atoms with Gasteiger partial charge in [-0.2, -0.15) is 0 Å². The topological polar surface area (TPSA) is 76.8 Å². The third kappa shape index (κ3) is 6.70. The molecular formula is C19H26N2O4. The van der Waals surface area contributed by atoms with Crippen LogP contribution in [0.5, 0.6) is 5.75 Å². The molecule has 2 aromatic rings. The van der Waals surface area contributed by atoms with E-state index in [1.165, 1.54) is 0 Å². The molecule has 0 amide bonds. The zero-order chi connectivity index (χ0) is 18.1. The Morgan fingerprint density at radius 1 is 1.28 bits per heavy atom. The highest BCUT2D eigenvalue weighted by atomic mass is 16.5. The lowest BCUT2D eigenvalue weighted by Crippen LogP contribution is -2.35. The molecular weight excluding hydrogens is 320 g/mol. The number of nitrogens with zero attached hydrogens (tertiary/aromatic N) is 1. The lowest BCUT2D eigenvalue weighted by Gasteiger charge is -2.16. The van der Waals surface area contributed by atoms with E-state index in [4.69, 9.17) is 14.0 Å². The number of aliphatic hydroxyl groups excluding tert-OH is 1. The van der Waals surface area contributed by atoms with Crippen molar-refractivity contribution in [2.45, 2.75) is 32.6 Å². The van der Waals surface area contributed by atoms with Crippen molar-refractivity contribution in [2.75, 3.05) is 20.3 Å². The van der Waals surface area contributed by atoms with Gasteiger partial charge in [0.25, 0.3) is 0 Å². The molecule has 6 heteroatoms. The van der Waals surface area contributed by atoms with Crippen LogP contribution in [0.25, 0.3) is 12.2 Å². The minimum absolute atomic E-state index is 0.227. The standard InChI is InChI=1S/C19H26N2O4/c1-14(2)20-11-17(22)13-24-19-7-5-4-6-15(19)8-9-18-10-16(12-23-3)21-25-18/h4-10,14,17,20,22H,11-13H2,1-3H3/b9-8-. The maximum Gasteiger partial charge on any atom is 0.160 e. The minimum atomic E-state index is -0.565. The highest BCUT2D eigenvalue weighted by Gasteiger charge is 2.08. The molecule has 1 unspecified atom stereocenters. The molecule has 1 heterocycles. The summed E-state index contributed by atoms with van der Waals surface area (Å²) in [7, 11) is 1.61. The molecule has 2 rings (SSSR count). The first-order valence-corrected chi connectivity index (χ1v) is 8.34. The second-order valence-corrected chi connectivity index (χ2v) is 6.05. The van der Waals surface area contributed by atoms with Crippen LogP contribution in [-0.4, -0.2) is 42.7 Å². The SMILES string of the molecule is COCc1cc(/C=C\c2ccccc2OCC(O)CNC(C)C)on1. The minimum Gasteiger partial charge on any atom is -0.490 e. The van der Waals surface area contributed by atoms with Gasteiger partial charge in [0, 0.05) is 31.3 Å². The number of aromatic nitrogens is 1. The van der Waals surface area contributed by atoms with Gasteiger partial charge in [-0.15, -0.1) is 0 Å². The number of aliphatic hydroxyl groups is 1. The molecule has 0 aliphatic heterocycles. The average molecular weight is 346 g/mol. The normalized spacial score (nSPS) is 12.8. The maximum absolute atomic E-state index is 9.97. The van der Waals surface area contributed by atoms with Crippen molar-refractivity contribution >= 4 is 12.2 Å². The molecule has 0 saturated carbocycles. The molecule has 0 saturated heterocycles. The van der Waals surface area contributed by atoms with Crippen LogP contribution in [-0.2, 0) is 11.3 Å². The highest BCUT2D eigenvalue weighted by molar-refractivity contribution is 5.70. The Morgan fingerprint density at radius 3 is 2.84 bits per heavy atom. The van der Waals surface area contributed by atoms with Gasteiger partial charge in [-0.05, 0) is 18.2 Å². The smallest absolute Gasteiger partial charge is 0.160 e. The van der Waals surface area contributed by atoms with Crippen molar-refractivity contribution in [2.24, 2.45) is 0 Å². The molecule has 1 atom stereocenters. The van der Waals surface area contributed by atoms with Crippen LogP contribution in [0.4, 0.5) is 0 Å². The van der Waals surface area contributed by atoms with Crippen LogP contribution < -0.4 is 10.1 Å². The second kappa shape index (κ2) is 9.98. The number of benzene rings is 1. The van der Waals surface area contributed by atoms with Gasteiger partial charge in [0.2, 0.25) is 0 Å². The summed E-state index contributed by atoms with van der Waals surface area (Å²) in [6, 6.07) is 9.80. The van der Waals surface area contributed by atoms with Gasteiger partial charge in [0.05, 0.1) is 6.61 Å². The van der Waals surface area contributed by atoms with E-state index in [9.17, 15) is 5.11 Å². The quantitative estimate of drug-likeness (QED) is 0.689. The van der Waals surface area contributed by atoms with Gasteiger partial charge in [-0.3, -0.25) is 0 Å². The van der Waals surface area contributed by atoms with E-state index in [0.717, 1.165) is 11.3 Å². The van der Waals surface area contributed by atoms with E-state index in [1.807, 2.05) is 56.3 Å². The highest BCUT2D eigenvalue weighted by Crippen LogP contribution is 2.21. The molecule has 0 radical (unpaired) electrons. The van der Waals surface area contributed by atoms with Gasteiger partial charge in [-0.25, -0.2) is 0 Å². The molecule has 1 aromatic carbocycles. The third-order valence-corrected chi connectivity index (χ3v) is 3.41. The molecule has 1 aromatic heterocycles. The fraction of sp³-hybridized carbons (Fsp3) is 0.421. The van der Waals surface area contributed by atoms with E-state index in [-0.39, 0.29) is 6.61 Å². The van der Waals surface area contributed by atoms with E-state index in [1.54, 1.807) is 7.11 Å². The van der Waals surface area contributed by atoms with Gasteiger partial charge in [0.15, 0.2) is 5.76 Å². The van der Waals surface area contributed by atoms with Crippen LogP contribution in [0, 0.1) is 0 Å². The molecule has 0 spiro atoms. The number of methoxy groups -OCH3 is 1. The maximum atomic E-state index is 9.97. The first kappa shape index (κ1) is 19.2. The number of hydrogen-bond acceptors (Lipinski definition) is 6. The van der Waals surface area contributed by atoms with Crippen LogP contribution in [0.1, 0.15) is 30.9 Å². The van der Waals surface area contributed by atoms with Gasteiger partial charge in [0.1, 0.15) is 24.2 Å². The van der Waals surface area contributed by atoms with Crippen LogP contribution in [0.3, 0.4) is 0 Å². The number of ether oxygens (including phenoxy) is 2. The fourth-order valence-electron chi connectivity index (χ4n) is 2.16. The fourth-order valence-corrected chi connectivity index (χ4v) is 2.16. The summed E-state index contributed by atoms with van der Waals surface area (Å²) in [5, 5.41) is 17.1. The van der Waals surface area contributed by atoms with Crippen molar-refractivity contribution in [3.8, 4) is 5.75 Å². The molecule has 0 bridgehead atoms. The zero-order valence-electron chi connectivity index (χ0n) is 14.9. The monoisotopic (exact) mass is 346 g/mol. The first-order valence-electron chi connectivity index (χ1n) is 8.34. The summed E-state index contributed by atoms with van der Waals surface area (Å²) in [6.07, 6.45) is 3.15. The Hall–Kier alpha value is -2.15. The summed E-state index contributed by atoms with van der Waals surface area (Å²) >= 11 is 0. The Morgan fingerprint density at radius 2 is 2.08 bits per heavy atom. The lowest BCUT2D eigenvalue weighted by molar-refractivity contribution is 0.104. The van der Waals surface area contributed by atoms with E-state index in [0.29, 0.717) is 30.7 Å². The number of para-hydroxylation sites is 1. The van der Waals surface area contributed by atoms with Gasteiger partial charge >= 0.3 is 0 Å². The van der Waals surface area contributed by atoms with E-state index in [2.05, 4.69) is 10.5 Å². The summed E-state index contributed by atoms with van der Waals surface area (Å²) in [5.74, 6) is 1.35. The number of hydrogen-bond donors (Lipinski definition) is 2. The molecule has 0 fully saturated rings. The Kier molecular flexibility index (Phi) is 7.66. The van der Waals surface area contributed by atoms with Crippen molar-refractivity contribution in [3.05, 3.63) is 47.3 Å². The number of nitrogens with one attached hydrogen (secondary N) is 1. The number of rotatable bonds is 10. The predicted molar refractivity (Wildman–Crippen MR) is 97.2 cm³/mol. The average Bonchev–Trinajstić information content (AvgIpc) is 3.05. The van der Waals surface area contributed by atoms with Crippen LogP contribution in [0.15, 0.2) is 34.9 Å². The van der Waals surface area contributed by atoms with Crippen molar-refractivity contribution in [1.29, 1.82) is 0 Å². The van der Waals surface area contributed by atoms with Crippen molar-refractivity contribution in [1.82, 2.24) is 10.5 Å². The van der Waals surface area contributed by atoms with Crippen molar-refractivity contribution < 1.29 is 19.1 Å². The molecule has 0 aliphatic carbocycles. The molecule has 2 N–H and O–H groups in total. The molecule has 6 nitrogen and oxygen atoms in total. The Bertz CT molecular complexity index is 667.